The topological polar surface area (TPSA) is 62.7 Å². The number of para-hydroxylation sites is 1. The van der Waals surface area contributed by atoms with Gasteiger partial charge in [-0.1, -0.05) is 18.2 Å². The number of anilines is 1. The summed E-state index contributed by atoms with van der Waals surface area (Å²) in [6, 6.07) is 9.56. The molecule has 1 aromatic heterocycles. The molecule has 0 bridgehead atoms. The van der Waals surface area contributed by atoms with Crippen LogP contribution in [0.2, 0.25) is 0 Å². The summed E-state index contributed by atoms with van der Waals surface area (Å²) in [5.74, 6) is -0.407. The van der Waals surface area contributed by atoms with Crippen LogP contribution < -0.4 is 4.90 Å². The van der Waals surface area contributed by atoms with Crippen molar-refractivity contribution in [1.82, 2.24) is 4.98 Å². The lowest BCUT2D eigenvalue weighted by Gasteiger charge is -2.32. The van der Waals surface area contributed by atoms with E-state index in [1.807, 2.05) is 36.2 Å². The van der Waals surface area contributed by atoms with Gasteiger partial charge >= 0.3 is 5.97 Å². The first kappa shape index (κ1) is 13.8. The van der Waals surface area contributed by atoms with E-state index in [1.54, 1.807) is 6.07 Å². The van der Waals surface area contributed by atoms with Crippen molar-refractivity contribution in [2.45, 2.75) is 18.9 Å². The monoisotopic (exact) mass is 286 g/mol. The van der Waals surface area contributed by atoms with Gasteiger partial charge in [0.05, 0.1) is 5.52 Å². The van der Waals surface area contributed by atoms with Crippen molar-refractivity contribution in [3.05, 3.63) is 35.9 Å². The minimum Gasteiger partial charge on any atom is -0.478 e. The molecule has 0 atom stereocenters. The molecule has 110 valence electrons. The van der Waals surface area contributed by atoms with Gasteiger partial charge in [-0.15, -0.1) is 0 Å². The average Bonchev–Trinajstić information content (AvgIpc) is 2.53. The number of nitrogens with zero attached hydrogens (tertiary/aromatic N) is 2. The molecule has 1 aromatic carbocycles. The number of fused-ring (bicyclic) bond motifs is 1. The van der Waals surface area contributed by atoms with Crippen LogP contribution in [0.5, 0.6) is 0 Å². The van der Waals surface area contributed by atoms with Gasteiger partial charge in [-0.05, 0) is 25.0 Å². The third kappa shape index (κ3) is 2.69. The molecule has 0 spiro atoms. The lowest BCUT2D eigenvalue weighted by atomic mass is 10.1. The summed E-state index contributed by atoms with van der Waals surface area (Å²) >= 11 is 0. The second-order valence-electron chi connectivity index (χ2n) is 5.31. The number of aromatic carboxylic acids is 1. The minimum absolute atomic E-state index is 0.252. The van der Waals surface area contributed by atoms with Crippen molar-refractivity contribution in [3.63, 3.8) is 0 Å². The number of carboxylic acid groups (broad SMARTS) is 1. The van der Waals surface area contributed by atoms with E-state index >= 15 is 0 Å². The zero-order chi connectivity index (χ0) is 14.8. The van der Waals surface area contributed by atoms with E-state index in [4.69, 9.17) is 4.74 Å². The molecular weight excluding hydrogens is 268 g/mol. The number of pyridine rings is 1. The van der Waals surface area contributed by atoms with Crippen LogP contribution in [0.3, 0.4) is 0 Å². The van der Waals surface area contributed by atoms with Gasteiger partial charge in [0.25, 0.3) is 0 Å². The van der Waals surface area contributed by atoms with E-state index in [0.717, 1.165) is 23.7 Å². The van der Waals surface area contributed by atoms with Crippen LogP contribution in [-0.4, -0.2) is 42.4 Å². The third-order valence-corrected chi connectivity index (χ3v) is 4.01. The highest BCUT2D eigenvalue weighted by molar-refractivity contribution is 5.98. The zero-order valence-electron chi connectivity index (χ0n) is 12.0. The highest BCUT2D eigenvalue weighted by atomic mass is 16.5. The number of ether oxygens (including phenoxy) is 1. The maximum Gasteiger partial charge on any atom is 0.339 e. The summed E-state index contributed by atoms with van der Waals surface area (Å²) in [5, 5.41) is 10.3. The number of hydrogen-bond acceptors (Lipinski definition) is 4. The van der Waals surface area contributed by atoms with Gasteiger partial charge in [-0.25, -0.2) is 9.78 Å². The van der Waals surface area contributed by atoms with Crippen molar-refractivity contribution >= 4 is 22.7 Å². The molecule has 1 aliphatic heterocycles. The molecule has 0 radical (unpaired) electrons. The van der Waals surface area contributed by atoms with Crippen molar-refractivity contribution in [2.75, 3.05) is 25.2 Å². The number of aromatic nitrogens is 1. The largest absolute Gasteiger partial charge is 0.478 e. The molecule has 0 saturated carbocycles. The molecule has 3 rings (SSSR count). The fourth-order valence-electron chi connectivity index (χ4n) is 2.78. The van der Waals surface area contributed by atoms with Gasteiger partial charge in [0.15, 0.2) is 0 Å². The minimum atomic E-state index is -0.942. The van der Waals surface area contributed by atoms with Gasteiger partial charge < -0.3 is 14.7 Å². The number of hydrogen-bond donors (Lipinski definition) is 1. The predicted octanol–water partition coefficient (Wildman–Crippen LogP) is 2.55. The van der Waals surface area contributed by atoms with Crippen molar-refractivity contribution in [3.8, 4) is 0 Å². The Morgan fingerprint density at radius 2 is 2.05 bits per heavy atom. The lowest BCUT2D eigenvalue weighted by molar-refractivity contribution is 0.0696. The van der Waals surface area contributed by atoms with Crippen molar-refractivity contribution < 1.29 is 14.6 Å². The quantitative estimate of drug-likeness (QED) is 0.939. The van der Waals surface area contributed by atoms with E-state index in [9.17, 15) is 9.90 Å². The first-order chi connectivity index (χ1) is 10.2. The standard InChI is InChI=1S/C16H18N2O3/c1-18(12-6-8-21-9-7-12)15-13(16(19)20)10-11-4-2-3-5-14(11)17-15/h2-5,10,12H,6-9H2,1H3,(H,19,20). The van der Waals surface area contributed by atoms with E-state index in [2.05, 4.69) is 4.98 Å². The van der Waals surface area contributed by atoms with Crippen LogP contribution in [0, 0.1) is 0 Å². The molecular formula is C16H18N2O3. The highest BCUT2D eigenvalue weighted by Gasteiger charge is 2.24. The van der Waals surface area contributed by atoms with Crippen LogP contribution >= 0.6 is 0 Å². The normalized spacial score (nSPS) is 16.0. The van der Waals surface area contributed by atoms with Crippen molar-refractivity contribution in [2.24, 2.45) is 0 Å². The first-order valence-corrected chi connectivity index (χ1v) is 7.10. The Bertz CT molecular complexity index is 666. The number of carboxylic acids is 1. The van der Waals surface area contributed by atoms with Gasteiger partial charge in [0.2, 0.25) is 0 Å². The maximum atomic E-state index is 11.6. The van der Waals surface area contributed by atoms with Crippen LogP contribution in [0.1, 0.15) is 23.2 Å². The fourth-order valence-corrected chi connectivity index (χ4v) is 2.78. The predicted molar refractivity (Wildman–Crippen MR) is 80.9 cm³/mol. The molecule has 1 aliphatic rings. The summed E-state index contributed by atoms with van der Waals surface area (Å²) in [7, 11) is 1.92. The Hall–Kier alpha value is -2.14. The molecule has 0 aliphatic carbocycles. The smallest absolute Gasteiger partial charge is 0.339 e. The summed E-state index contributed by atoms with van der Waals surface area (Å²) in [6.45, 7) is 1.43. The molecule has 5 heteroatoms. The number of benzene rings is 1. The molecule has 0 amide bonds. The zero-order valence-corrected chi connectivity index (χ0v) is 12.0. The molecule has 0 unspecified atom stereocenters. The Labute approximate surface area is 123 Å². The van der Waals surface area contributed by atoms with Gasteiger partial charge in [-0.2, -0.15) is 0 Å². The van der Waals surface area contributed by atoms with E-state index in [1.165, 1.54) is 0 Å². The Balaban J connectivity index is 2.06. The molecule has 1 fully saturated rings. The van der Waals surface area contributed by atoms with Crippen LogP contribution in [0.25, 0.3) is 10.9 Å². The average molecular weight is 286 g/mol. The van der Waals surface area contributed by atoms with Crippen LogP contribution in [0.4, 0.5) is 5.82 Å². The van der Waals surface area contributed by atoms with Crippen LogP contribution in [-0.2, 0) is 4.74 Å². The Morgan fingerprint density at radius 3 is 2.76 bits per heavy atom. The van der Waals surface area contributed by atoms with Gasteiger partial charge in [0.1, 0.15) is 11.4 Å². The molecule has 1 N–H and O–H groups in total. The Kier molecular flexibility index (Phi) is 3.75. The molecule has 1 saturated heterocycles. The molecule has 2 aromatic rings. The molecule has 21 heavy (non-hydrogen) atoms. The summed E-state index contributed by atoms with van der Waals surface area (Å²) < 4.78 is 5.37. The van der Waals surface area contributed by atoms with E-state index < -0.39 is 5.97 Å². The van der Waals surface area contributed by atoms with Gasteiger partial charge in [-0.3, -0.25) is 0 Å². The van der Waals surface area contributed by atoms with Gasteiger partial charge in [0, 0.05) is 31.7 Å². The lowest BCUT2D eigenvalue weighted by Crippen LogP contribution is -2.38. The summed E-state index contributed by atoms with van der Waals surface area (Å²) in [6.07, 6.45) is 1.79. The number of rotatable bonds is 3. The van der Waals surface area contributed by atoms with Crippen LogP contribution in [0.15, 0.2) is 30.3 Å². The highest BCUT2D eigenvalue weighted by Crippen LogP contribution is 2.26. The third-order valence-electron chi connectivity index (χ3n) is 4.01. The Morgan fingerprint density at radius 1 is 1.33 bits per heavy atom. The molecule has 2 heterocycles. The van der Waals surface area contributed by atoms with E-state index in [0.29, 0.717) is 19.0 Å². The second-order valence-corrected chi connectivity index (χ2v) is 5.31. The fraction of sp³-hybridized carbons (Fsp3) is 0.375. The van der Waals surface area contributed by atoms with Crippen molar-refractivity contribution in [1.29, 1.82) is 0 Å². The summed E-state index contributed by atoms with van der Waals surface area (Å²) in [4.78, 5) is 18.1. The molecule has 5 nitrogen and oxygen atoms in total. The maximum absolute atomic E-state index is 11.6. The number of carbonyl (C=O) groups is 1. The second kappa shape index (κ2) is 5.69. The summed E-state index contributed by atoms with van der Waals surface area (Å²) in [5.41, 5.74) is 1.07. The SMILES string of the molecule is CN(c1nc2ccccc2cc1C(=O)O)C1CCOCC1. The van der Waals surface area contributed by atoms with E-state index in [-0.39, 0.29) is 11.6 Å². The first-order valence-electron chi connectivity index (χ1n) is 7.10.